The normalized spacial score (nSPS) is 16.8. The number of urea groups is 1. The van der Waals surface area contributed by atoms with Crippen LogP contribution < -0.4 is 10.1 Å². The minimum atomic E-state index is 0.0442. The molecule has 2 heterocycles. The number of anilines is 1. The van der Waals surface area contributed by atoms with Gasteiger partial charge in [-0.15, -0.1) is 0 Å². The van der Waals surface area contributed by atoms with Gasteiger partial charge in [-0.1, -0.05) is 30.0 Å². The second kappa shape index (κ2) is 12.7. The number of hydrogen-bond acceptors (Lipinski definition) is 4. The van der Waals surface area contributed by atoms with Crippen molar-refractivity contribution >= 4 is 23.5 Å². The number of carbonyl (C=O) groups excluding carboxylic acids is 1. The van der Waals surface area contributed by atoms with E-state index in [1.54, 1.807) is 18.9 Å². The second-order valence-electron chi connectivity index (χ2n) is 10.5. The first-order chi connectivity index (χ1) is 18.6. The molecule has 0 bridgehead atoms. The highest BCUT2D eigenvalue weighted by atomic mass is 32.2. The Morgan fingerprint density at radius 1 is 0.895 bits per heavy atom. The van der Waals surface area contributed by atoms with Crippen LogP contribution in [-0.2, 0) is 6.54 Å². The van der Waals surface area contributed by atoms with Crippen LogP contribution in [0.5, 0.6) is 5.75 Å². The predicted octanol–water partition coefficient (Wildman–Crippen LogP) is 7.55. The predicted molar refractivity (Wildman–Crippen MR) is 156 cm³/mol. The van der Waals surface area contributed by atoms with Crippen LogP contribution in [0.4, 0.5) is 10.5 Å². The number of nitrogens with zero attached hydrogens (tertiary/aromatic N) is 2. The van der Waals surface area contributed by atoms with E-state index in [1.165, 1.54) is 32.9 Å². The highest BCUT2D eigenvalue weighted by Crippen LogP contribution is 2.33. The molecule has 0 spiro atoms. The molecule has 6 heteroatoms. The Hall–Kier alpha value is -2.96. The summed E-state index contributed by atoms with van der Waals surface area (Å²) >= 11 is 1.78. The number of aryl methyl sites for hydroxylation is 1. The molecule has 0 aromatic heterocycles. The summed E-state index contributed by atoms with van der Waals surface area (Å²) in [6.45, 7) is 7.11. The van der Waals surface area contributed by atoms with Gasteiger partial charge in [-0.3, -0.25) is 4.90 Å². The third-order valence-electron chi connectivity index (χ3n) is 7.83. The lowest BCUT2D eigenvalue weighted by Crippen LogP contribution is -2.38. The molecular weight excluding hydrogens is 490 g/mol. The molecule has 38 heavy (non-hydrogen) atoms. The summed E-state index contributed by atoms with van der Waals surface area (Å²) in [6.07, 6.45) is 5.74. The maximum atomic E-state index is 12.7. The van der Waals surface area contributed by atoms with Crippen LogP contribution in [0.2, 0.25) is 0 Å². The molecule has 2 amide bonds. The van der Waals surface area contributed by atoms with Crippen LogP contribution in [0.1, 0.15) is 54.7 Å². The number of amides is 2. The van der Waals surface area contributed by atoms with Crippen LogP contribution in [0.25, 0.3) is 0 Å². The van der Waals surface area contributed by atoms with Gasteiger partial charge in [0.1, 0.15) is 5.75 Å². The molecule has 3 aromatic rings. The molecule has 5 nitrogen and oxygen atoms in total. The van der Waals surface area contributed by atoms with E-state index in [9.17, 15) is 4.79 Å². The summed E-state index contributed by atoms with van der Waals surface area (Å²) in [7, 11) is 1.69. The fraction of sp³-hybridized carbons (Fsp3) is 0.406. The van der Waals surface area contributed by atoms with Crippen molar-refractivity contribution < 1.29 is 9.53 Å². The monoisotopic (exact) mass is 529 g/mol. The molecule has 2 fully saturated rings. The van der Waals surface area contributed by atoms with Gasteiger partial charge in [0.05, 0.1) is 7.11 Å². The standard InChI is InChI=1S/C32H39N3O2S/c1-24-6-9-27(33-32(36)35-18-4-3-5-19-35)22-31(24)26-16-20-34(21-17-26)23-25-7-12-29(13-8-25)38-30-14-10-28(37-2)11-15-30/h6-15,22,26H,3-5,16-21,23H2,1-2H3,(H,33,36). The lowest BCUT2D eigenvalue weighted by molar-refractivity contribution is 0.200. The number of carbonyl (C=O) groups is 1. The van der Waals surface area contributed by atoms with E-state index in [4.69, 9.17) is 4.74 Å². The molecule has 0 atom stereocenters. The van der Waals surface area contributed by atoms with E-state index in [1.807, 2.05) is 23.1 Å². The maximum Gasteiger partial charge on any atom is 0.321 e. The molecule has 5 rings (SSSR count). The smallest absolute Gasteiger partial charge is 0.321 e. The van der Waals surface area contributed by atoms with Crippen LogP contribution in [0.3, 0.4) is 0 Å². The molecule has 0 unspecified atom stereocenters. The zero-order valence-electron chi connectivity index (χ0n) is 22.6. The number of piperidine rings is 2. The van der Waals surface area contributed by atoms with Crippen molar-refractivity contribution in [2.45, 2.75) is 61.3 Å². The van der Waals surface area contributed by atoms with Crippen molar-refractivity contribution in [2.24, 2.45) is 0 Å². The Kier molecular flexibility index (Phi) is 8.92. The Labute approximate surface area is 231 Å². The van der Waals surface area contributed by atoms with Crippen molar-refractivity contribution in [3.63, 3.8) is 0 Å². The van der Waals surface area contributed by atoms with Gasteiger partial charge in [0.15, 0.2) is 0 Å². The van der Waals surface area contributed by atoms with Crippen molar-refractivity contribution in [1.82, 2.24) is 9.80 Å². The summed E-state index contributed by atoms with van der Waals surface area (Å²) in [6, 6.07) is 23.7. The molecule has 0 radical (unpaired) electrons. The van der Waals surface area contributed by atoms with E-state index in [2.05, 4.69) is 65.7 Å². The number of methoxy groups -OCH3 is 1. The molecule has 2 aliphatic heterocycles. The van der Waals surface area contributed by atoms with Gasteiger partial charge in [-0.25, -0.2) is 4.79 Å². The zero-order valence-corrected chi connectivity index (χ0v) is 23.4. The molecule has 2 saturated heterocycles. The van der Waals surface area contributed by atoms with Gasteiger partial charge >= 0.3 is 6.03 Å². The molecule has 2 aliphatic rings. The quantitative estimate of drug-likeness (QED) is 0.343. The molecule has 3 aromatic carbocycles. The Bertz CT molecular complexity index is 1200. The van der Waals surface area contributed by atoms with E-state index >= 15 is 0 Å². The van der Waals surface area contributed by atoms with Gasteiger partial charge < -0.3 is 15.0 Å². The third-order valence-corrected chi connectivity index (χ3v) is 8.84. The van der Waals surface area contributed by atoms with E-state index in [0.29, 0.717) is 5.92 Å². The van der Waals surface area contributed by atoms with Gasteiger partial charge in [0, 0.05) is 35.1 Å². The minimum Gasteiger partial charge on any atom is -0.497 e. The van der Waals surface area contributed by atoms with Crippen LogP contribution in [-0.4, -0.2) is 49.1 Å². The Morgan fingerprint density at radius 2 is 1.55 bits per heavy atom. The van der Waals surface area contributed by atoms with Gasteiger partial charge in [0.2, 0.25) is 0 Å². The summed E-state index contributed by atoms with van der Waals surface area (Å²) < 4.78 is 5.25. The fourth-order valence-electron chi connectivity index (χ4n) is 5.56. The van der Waals surface area contributed by atoms with Crippen molar-refractivity contribution in [3.05, 3.63) is 83.4 Å². The number of ether oxygens (including phenoxy) is 1. The summed E-state index contributed by atoms with van der Waals surface area (Å²) in [5.74, 6) is 1.43. The maximum absolute atomic E-state index is 12.7. The molecule has 1 N–H and O–H groups in total. The Morgan fingerprint density at radius 3 is 2.21 bits per heavy atom. The fourth-order valence-corrected chi connectivity index (χ4v) is 6.38. The molecular formula is C32H39N3O2S. The third kappa shape index (κ3) is 6.91. The first-order valence-electron chi connectivity index (χ1n) is 13.9. The number of likely N-dealkylation sites (tertiary alicyclic amines) is 2. The average molecular weight is 530 g/mol. The number of nitrogens with one attached hydrogen (secondary N) is 1. The summed E-state index contributed by atoms with van der Waals surface area (Å²) in [5.41, 5.74) is 5.00. The van der Waals surface area contributed by atoms with Gasteiger partial charge in [0.25, 0.3) is 0 Å². The first kappa shape index (κ1) is 26.6. The van der Waals surface area contributed by atoms with Crippen LogP contribution >= 0.6 is 11.8 Å². The lowest BCUT2D eigenvalue weighted by Gasteiger charge is -2.33. The number of hydrogen-bond donors (Lipinski definition) is 1. The average Bonchev–Trinajstić information content (AvgIpc) is 2.96. The first-order valence-corrected chi connectivity index (χ1v) is 14.7. The SMILES string of the molecule is COc1ccc(Sc2ccc(CN3CCC(c4cc(NC(=O)N5CCCCC5)ccc4C)CC3)cc2)cc1. The number of benzene rings is 3. The van der Waals surface area contributed by atoms with Crippen molar-refractivity contribution in [3.8, 4) is 5.75 Å². The summed E-state index contributed by atoms with van der Waals surface area (Å²) in [5, 5.41) is 3.15. The van der Waals surface area contributed by atoms with Crippen LogP contribution in [0, 0.1) is 6.92 Å². The molecule has 0 aliphatic carbocycles. The van der Waals surface area contributed by atoms with E-state index < -0.39 is 0 Å². The van der Waals surface area contributed by atoms with E-state index in [0.717, 1.165) is 69.8 Å². The zero-order chi connectivity index (χ0) is 26.3. The molecule has 200 valence electrons. The largest absolute Gasteiger partial charge is 0.497 e. The lowest BCUT2D eigenvalue weighted by atomic mass is 9.86. The minimum absolute atomic E-state index is 0.0442. The van der Waals surface area contributed by atoms with Crippen molar-refractivity contribution in [2.75, 3.05) is 38.6 Å². The Balaban J connectivity index is 1.12. The van der Waals surface area contributed by atoms with E-state index in [-0.39, 0.29) is 6.03 Å². The molecule has 0 saturated carbocycles. The second-order valence-corrected chi connectivity index (χ2v) is 11.7. The highest BCUT2D eigenvalue weighted by Gasteiger charge is 2.23. The highest BCUT2D eigenvalue weighted by molar-refractivity contribution is 7.99. The topological polar surface area (TPSA) is 44.8 Å². The number of rotatable bonds is 7. The van der Waals surface area contributed by atoms with Gasteiger partial charge in [-0.05, 0) is 123 Å². The van der Waals surface area contributed by atoms with Gasteiger partial charge in [-0.2, -0.15) is 0 Å². The summed E-state index contributed by atoms with van der Waals surface area (Å²) in [4.78, 5) is 19.7. The van der Waals surface area contributed by atoms with Crippen molar-refractivity contribution in [1.29, 1.82) is 0 Å². The van der Waals surface area contributed by atoms with Crippen LogP contribution in [0.15, 0.2) is 76.5 Å².